The van der Waals surface area contributed by atoms with Crippen molar-refractivity contribution in [1.82, 2.24) is 9.55 Å². The number of carbonyl (C=O) groups is 1. The molecule has 130 valence electrons. The molecule has 1 amide bonds. The van der Waals surface area contributed by atoms with Crippen LogP contribution >= 0.6 is 0 Å². The Morgan fingerprint density at radius 3 is 2.65 bits per heavy atom. The molecular weight excluding hydrogens is 322 g/mol. The van der Waals surface area contributed by atoms with E-state index in [-0.39, 0.29) is 11.8 Å². The number of imidazole rings is 1. The fourth-order valence-corrected chi connectivity index (χ4v) is 3.90. The van der Waals surface area contributed by atoms with Crippen molar-refractivity contribution >= 4 is 22.6 Å². The Hall–Kier alpha value is -3.06. The highest BCUT2D eigenvalue weighted by atomic mass is 16.2. The van der Waals surface area contributed by atoms with Gasteiger partial charge in [-0.05, 0) is 49.2 Å². The second kappa shape index (κ2) is 6.34. The van der Waals surface area contributed by atoms with E-state index in [4.69, 9.17) is 11.4 Å². The first kappa shape index (κ1) is 16.4. The van der Waals surface area contributed by atoms with E-state index in [0.29, 0.717) is 19.5 Å². The molecule has 0 saturated carbocycles. The minimum Gasteiger partial charge on any atom is -0.316 e. The second-order valence-corrected chi connectivity index (χ2v) is 7.00. The molecule has 1 aromatic heterocycles. The third kappa shape index (κ3) is 2.76. The van der Waals surface area contributed by atoms with Crippen molar-refractivity contribution in [3.63, 3.8) is 0 Å². The largest absolute Gasteiger partial charge is 0.316 e. The molecule has 4 rings (SSSR count). The summed E-state index contributed by atoms with van der Waals surface area (Å²) >= 11 is 0. The Balaban J connectivity index is 1.72. The highest BCUT2D eigenvalue weighted by Crippen LogP contribution is 2.33. The first-order valence-electron chi connectivity index (χ1n) is 8.84. The number of benzene rings is 2. The summed E-state index contributed by atoms with van der Waals surface area (Å²) < 4.78 is 2.07. The molecule has 1 atom stereocenters. The van der Waals surface area contributed by atoms with E-state index >= 15 is 0 Å². The average molecular weight is 343 g/mol. The van der Waals surface area contributed by atoms with E-state index in [1.807, 2.05) is 29.2 Å². The van der Waals surface area contributed by atoms with Crippen LogP contribution in [0.5, 0.6) is 0 Å². The lowest BCUT2D eigenvalue weighted by Gasteiger charge is -2.18. The third-order valence-electron chi connectivity index (χ3n) is 4.94. The molecular formula is C22H21N3O. The lowest BCUT2D eigenvalue weighted by Crippen LogP contribution is -2.24. The van der Waals surface area contributed by atoms with Crippen LogP contribution in [0.25, 0.3) is 11.0 Å². The lowest BCUT2D eigenvalue weighted by molar-refractivity contribution is -0.117. The normalized spacial score (nSPS) is 17.0. The Labute approximate surface area is 153 Å². The van der Waals surface area contributed by atoms with Crippen LogP contribution in [0.1, 0.15) is 29.3 Å². The molecule has 26 heavy (non-hydrogen) atoms. The zero-order valence-electron chi connectivity index (χ0n) is 15.1. The monoisotopic (exact) mass is 343 g/mol. The molecule has 3 aromatic rings. The maximum absolute atomic E-state index is 12.7. The maximum Gasteiger partial charge on any atom is 0.227 e. The molecule has 4 heteroatoms. The van der Waals surface area contributed by atoms with Crippen molar-refractivity contribution in [1.29, 1.82) is 0 Å². The number of aromatic nitrogens is 2. The average Bonchev–Trinajstić information content (AvgIpc) is 3.15. The first-order chi connectivity index (χ1) is 12.6. The standard InChI is InChI=1S/C22H21N3O/c1-4-9-24-20-8-6-5-7-19(20)23-22(24)17-13-21(26)25(14-17)18-11-15(2)10-16(3)12-18/h1,5-8,10-12,17H,9,13-14H2,2-3H3. The number of amides is 1. The quantitative estimate of drug-likeness (QED) is 0.678. The molecule has 1 fully saturated rings. The summed E-state index contributed by atoms with van der Waals surface area (Å²) in [6, 6.07) is 14.2. The molecule has 0 aliphatic carbocycles. The van der Waals surface area contributed by atoms with Gasteiger partial charge >= 0.3 is 0 Å². The summed E-state index contributed by atoms with van der Waals surface area (Å²) in [5.74, 6) is 3.81. The van der Waals surface area contributed by atoms with Crippen LogP contribution in [0, 0.1) is 26.2 Å². The molecule has 2 heterocycles. The molecule has 1 saturated heterocycles. The van der Waals surface area contributed by atoms with Crippen molar-refractivity contribution in [2.45, 2.75) is 32.7 Å². The Kier molecular flexibility index (Phi) is 4.00. The Bertz CT molecular complexity index is 1020. The number of nitrogens with zero attached hydrogens (tertiary/aromatic N) is 3. The van der Waals surface area contributed by atoms with E-state index in [9.17, 15) is 4.79 Å². The van der Waals surface area contributed by atoms with Crippen molar-refractivity contribution < 1.29 is 4.79 Å². The van der Waals surface area contributed by atoms with Gasteiger partial charge in [-0.25, -0.2) is 4.98 Å². The van der Waals surface area contributed by atoms with Gasteiger partial charge in [0, 0.05) is 24.6 Å². The van der Waals surface area contributed by atoms with Gasteiger partial charge in [-0.3, -0.25) is 4.79 Å². The van der Waals surface area contributed by atoms with E-state index in [1.54, 1.807) is 0 Å². The van der Waals surface area contributed by atoms with Gasteiger partial charge in [0.1, 0.15) is 5.82 Å². The zero-order valence-corrected chi connectivity index (χ0v) is 15.1. The fourth-order valence-electron chi connectivity index (χ4n) is 3.90. The summed E-state index contributed by atoms with van der Waals surface area (Å²) in [6.45, 7) is 5.21. The van der Waals surface area contributed by atoms with Crippen molar-refractivity contribution in [3.8, 4) is 12.3 Å². The molecule has 4 nitrogen and oxygen atoms in total. The summed E-state index contributed by atoms with van der Waals surface area (Å²) in [6.07, 6.45) is 6.04. The molecule has 1 aliphatic heterocycles. The molecule has 0 radical (unpaired) electrons. The van der Waals surface area contributed by atoms with Gasteiger partial charge in [0.25, 0.3) is 0 Å². The predicted octanol–water partition coefficient (Wildman–Crippen LogP) is 3.81. The lowest BCUT2D eigenvalue weighted by atomic mass is 10.1. The number of anilines is 1. The Morgan fingerprint density at radius 1 is 1.19 bits per heavy atom. The predicted molar refractivity (Wildman–Crippen MR) is 104 cm³/mol. The van der Waals surface area contributed by atoms with Crippen LogP contribution < -0.4 is 4.90 Å². The highest BCUT2D eigenvalue weighted by molar-refractivity contribution is 5.96. The number of terminal acetylenes is 1. The van der Waals surface area contributed by atoms with E-state index in [1.165, 1.54) is 0 Å². The van der Waals surface area contributed by atoms with Gasteiger partial charge in [-0.15, -0.1) is 6.42 Å². The van der Waals surface area contributed by atoms with E-state index < -0.39 is 0 Å². The molecule has 0 bridgehead atoms. The first-order valence-corrected chi connectivity index (χ1v) is 8.84. The van der Waals surface area contributed by atoms with Crippen LogP contribution in [-0.4, -0.2) is 22.0 Å². The summed E-state index contributed by atoms with van der Waals surface area (Å²) in [5.41, 5.74) is 5.24. The van der Waals surface area contributed by atoms with Gasteiger partial charge in [-0.1, -0.05) is 24.1 Å². The number of aryl methyl sites for hydroxylation is 2. The SMILES string of the molecule is C#CCn1c(C2CC(=O)N(c3cc(C)cc(C)c3)C2)nc2ccccc21. The number of carbonyl (C=O) groups excluding carboxylic acids is 1. The minimum atomic E-state index is 0.0454. The van der Waals surface area contributed by atoms with Gasteiger partial charge in [0.15, 0.2) is 0 Å². The van der Waals surface area contributed by atoms with Crippen molar-refractivity contribution in [2.24, 2.45) is 0 Å². The molecule has 1 unspecified atom stereocenters. The van der Waals surface area contributed by atoms with Crippen LogP contribution in [0.15, 0.2) is 42.5 Å². The minimum absolute atomic E-state index is 0.0454. The molecule has 0 spiro atoms. The number of para-hydroxylation sites is 2. The van der Waals surface area contributed by atoms with Gasteiger partial charge in [0.05, 0.1) is 17.6 Å². The van der Waals surface area contributed by atoms with Crippen LogP contribution in [-0.2, 0) is 11.3 Å². The van der Waals surface area contributed by atoms with Crippen LogP contribution in [0.4, 0.5) is 5.69 Å². The van der Waals surface area contributed by atoms with Crippen LogP contribution in [0.3, 0.4) is 0 Å². The van der Waals surface area contributed by atoms with E-state index in [2.05, 4.69) is 42.5 Å². The van der Waals surface area contributed by atoms with Gasteiger partial charge < -0.3 is 9.47 Å². The number of rotatable bonds is 3. The summed E-state index contributed by atoms with van der Waals surface area (Å²) in [5, 5.41) is 0. The third-order valence-corrected chi connectivity index (χ3v) is 4.94. The number of hydrogen-bond acceptors (Lipinski definition) is 2. The molecule has 1 aliphatic rings. The topological polar surface area (TPSA) is 38.1 Å². The summed E-state index contributed by atoms with van der Waals surface area (Å²) in [7, 11) is 0. The summed E-state index contributed by atoms with van der Waals surface area (Å²) in [4.78, 5) is 19.4. The number of hydrogen-bond donors (Lipinski definition) is 0. The smallest absolute Gasteiger partial charge is 0.227 e. The molecule has 2 aromatic carbocycles. The highest BCUT2D eigenvalue weighted by Gasteiger charge is 2.34. The number of fused-ring (bicyclic) bond motifs is 1. The van der Waals surface area contributed by atoms with Crippen molar-refractivity contribution in [2.75, 3.05) is 11.4 Å². The zero-order chi connectivity index (χ0) is 18.3. The maximum atomic E-state index is 12.7. The van der Waals surface area contributed by atoms with Crippen LogP contribution in [0.2, 0.25) is 0 Å². The fraction of sp³-hybridized carbons (Fsp3) is 0.273. The second-order valence-electron chi connectivity index (χ2n) is 7.00. The van der Waals surface area contributed by atoms with Gasteiger partial charge in [0.2, 0.25) is 5.91 Å². The van der Waals surface area contributed by atoms with E-state index in [0.717, 1.165) is 33.7 Å². The van der Waals surface area contributed by atoms with Crippen molar-refractivity contribution in [3.05, 3.63) is 59.4 Å². The van der Waals surface area contributed by atoms with Gasteiger partial charge in [-0.2, -0.15) is 0 Å². The Morgan fingerprint density at radius 2 is 1.92 bits per heavy atom. The molecule has 0 N–H and O–H groups in total.